The van der Waals surface area contributed by atoms with Crippen LogP contribution in [0.5, 0.6) is 0 Å². The molecule has 0 spiro atoms. The standard InChI is InChI=1S/C11H19NO3/c1-8-6-9(11(13)14)2-4-12(8)10-3-5-15-7-10/h8-10H,2-7H2,1H3,(H,13,14). The van der Waals surface area contributed by atoms with Crippen LogP contribution in [0, 0.1) is 5.92 Å². The number of nitrogens with zero attached hydrogens (tertiary/aromatic N) is 1. The molecule has 2 aliphatic rings. The topological polar surface area (TPSA) is 49.8 Å². The molecule has 2 heterocycles. The number of hydrogen-bond donors (Lipinski definition) is 1. The van der Waals surface area contributed by atoms with Gasteiger partial charge in [0.2, 0.25) is 0 Å². The molecule has 0 bridgehead atoms. The van der Waals surface area contributed by atoms with E-state index in [1.165, 1.54) is 0 Å². The molecule has 0 radical (unpaired) electrons. The van der Waals surface area contributed by atoms with Crippen LogP contribution in [0.2, 0.25) is 0 Å². The minimum atomic E-state index is -0.635. The number of aliphatic carboxylic acids is 1. The van der Waals surface area contributed by atoms with Crippen molar-refractivity contribution in [1.29, 1.82) is 0 Å². The van der Waals surface area contributed by atoms with Crippen LogP contribution in [-0.2, 0) is 9.53 Å². The average Bonchev–Trinajstić information content (AvgIpc) is 2.70. The zero-order valence-corrected chi connectivity index (χ0v) is 9.19. The van der Waals surface area contributed by atoms with Crippen molar-refractivity contribution in [3.8, 4) is 0 Å². The molecular formula is C11H19NO3. The maximum atomic E-state index is 10.9. The Morgan fingerprint density at radius 2 is 2.27 bits per heavy atom. The largest absolute Gasteiger partial charge is 0.481 e. The number of hydrogen-bond acceptors (Lipinski definition) is 3. The van der Waals surface area contributed by atoms with Gasteiger partial charge >= 0.3 is 5.97 Å². The quantitative estimate of drug-likeness (QED) is 0.742. The molecule has 4 nitrogen and oxygen atoms in total. The number of carboxylic acid groups (broad SMARTS) is 1. The third-order valence-corrected chi connectivity index (χ3v) is 3.65. The van der Waals surface area contributed by atoms with Gasteiger partial charge in [0.1, 0.15) is 0 Å². The van der Waals surface area contributed by atoms with Crippen molar-refractivity contribution >= 4 is 5.97 Å². The van der Waals surface area contributed by atoms with Gasteiger partial charge in [0.25, 0.3) is 0 Å². The molecule has 2 saturated heterocycles. The van der Waals surface area contributed by atoms with Crippen LogP contribution in [-0.4, -0.2) is 47.8 Å². The highest BCUT2D eigenvalue weighted by molar-refractivity contribution is 5.70. The van der Waals surface area contributed by atoms with E-state index in [1.54, 1.807) is 0 Å². The van der Waals surface area contributed by atoms with E-state index in [0.717, 1.165) is 39.0 Å². The van der Waals surface area contributed by atoms with Crippen LogP contribution in [0.3, 0.4) is 0 Å². The summed E-state index contributed by atoms with van der Waals surface area (Å²) >= 11 is 0. The minimum Gasteiger partial charge on any atom is -0.481 e. The predicted molar refractivity (Wildman–Crippen MR) is 55.8 cm³/mol. The first kappa shape index (κ1) is 10.9. The maximum Gasteiger partial charge on any atom is 0.306 e. The van der Waals surface area contributed by atoms with Crippen LogP contribution in [0.4, 0.5) is 0 Å². The van der Waals surface area contributed by atoms with Crippen molar-refractivity contribution in [2.45, 2.75) is 38.3 Å². The van der Waals surface area contributed by atoms with Gasteiger partial charge in [-0.05, 0) is 32.7 Å². The summed E-state index contributed by atoms with van der Waals surface area (Å²) in [6.45, 7) is 4.72. The zero-order chi connectivity index (χ0) is 10.8. The fraction of sp³-hybridized carbons (Fsp3) is 0.909. The predicted octanol–water partition coefficient (Wildman–Crippen LogP) is 0.960. The van der Waals surface area contributed by atoms with Gasteiger partial charge in [-0.1, -0.05) is 0 Å². The third kappa shape index (κ3) is 2.32. The highest BCUT2D eigenvalue weighted by Gasteiger charge is 2.34. The summed E-state index contributed by atoms with van der Waals surface area (Å²) in [6.07, 6.45) is 2.67. The molecule has 0 aromatic carbocycles. The van der Waals surface area contributed by atoms with Gasteiger partial charge in [0, 0.05) is 18.7 Å². The Morgan fingerprint density at radius 1 is 1.47 bits per heavy atom. The SMILES string of the molecule is CC1CC(C(=O)O)CCN1C1CCOC1. The lowest BCUT2D eigenvalue weighted by Crippen LogP contribution is -2.48. The lowest BCUT2D eigenvalue weighted by molar-refractivity contribution is -0.144. The molecule has 0 saturated carbocycles. The van der Waals surface area contributed by atoms with Gasteiger partial charge in [0.05, 0.1) is 12.5 Å². The Labute approximate surface area is 90.2 Å². The second-order valence-electron chi connectivity index (χ2n) is 4.66. The highest BCUT2D eigenvalue weighted by atomic mass is 16.5. The monoisotopic (exact) mass is 213 g/mol. The van der Waals surface area contributed by atoms with E-state index in [4.69, 9.17) is 9.84 Å². The smallest absolute Gasteiger partial charge is 0.306 e. The molecule has 15 heavy (non-hydrogen) atoms. The number of ether oxygens (including phenoxy) is 1. The van der Waals surface area contributed by atoms with E-state index in [9.17, 15) is 4.79 Å². The van der Waals surface area contributed by atoms with E-state index in [2.05, 4.69) is 11.8 Å². The summed E-state index contributed by atoms with van der Waals surface area (Å²) in [5.41, 5.74) is 0. The van der Waals surface area contributed by atoms with Gasteiger partial charge in [0.15, 0.2) is 0 Å². The summed E-state index contributed by atoms with van der Waals surface area (Å²) in [7, 11) is 0. The molecule has 0 amide bonds. The summed E-state index contributed by atoms with van der Waals surface area (Å²) in [5, 5.41) is 8.96. The molecule has 2 rings (SSSR count). The molecular weight excluding hydrogens is 194 g/mol. The van der Waals surface area contributed by atoms with Crippen LogP contribution in [0.1, 0.15) is 26.2 Å². The first-order chi connectivity index (χ1) is 7.18. The molecule has 0 aromatic heterocycles. The normalized spacial score (nSPS) is 38.1. The third-order valence-electron chi connectivity index (χ3n) is 3.65. The molecule has 0 aromatic rings. The van der Waals surface area contributed by atoms with Crippen molar-refractivity contribution in [3.05, 3.63) is 0 Å². The van der Waals surface area contributed by atoms with E-state index < -0.39 is 5.97 Å². The molecule has 86 valence electrons. The zero-order valence-electron chi connectivity index (χ0n) is 9.19. The molecule has 2 fully saturated rings. The number of rotatable bonds is 2. The lowest BCUT2D eigenvalue weighted by atomic mass is 9.90. The van der Waals surface area contributed by atoms with Crippen molar-refractivity contribution in [2.75, 3.05) is 19.8 Å². The number of carbonyl (C=O) groups is 1. The van der Waals surface area contributed by atoms with Crippen molar-refractivity contribution < 1.29 is 14.6 Å². The summed E-state index contributed by atoms with van der Waals surface area (Å²) in [6, 6.07) is 0.904. The summed E-state index contributed by atoms with van der Waals surface area (Å²) in [4.78, 5) is 13.3. The second-order valence-corrected chi connectivity index (χ2v) is 4.66. The Morgan fingerprint density at radius 3 is 2.80 bits per heavy atom. The Hall–Kier alpha value is -0.610. The van der Waals surface area contributed by atoms with Crippen molar-refractivity contribution in [2.24, 2.45) is 5.92 Å². The van der Waals surface area contributed by atoms with E-state index in [0.29, 0.717) is 12.1 Å². The molecule has 1 N–H and O–H groups in total. The highest BCUT2D eigenvalue weighted by Crippen LogP contribution is 2.27. The van der Waals surface area contributed by atoms with Crippen LogP contribution < -0.4 is 0 Å². The van der Waals surface area contributed by atoms with Gasteiger partial charge in [-0.15, -0.1) is 0 Å². The molecule has 4 heteroatoms. The molecule has 3 atom stereocenters. The van der Waals surface area contributed by atoms with E-state index in [-0.39, 0.29) is 5.92 Å². The van der Waals surface area contributed by atoms with Crippen LogP contribution in [0.15, 0.2) is 0 Å². The Bertz CT molecular complexity index is 238. The van der Waals surface area contributed by atoms with Crippen LogP contribution in [0.25, 0.3) is 0 Å². The number of likely N-dealkylation sites (tertiary alicyclic amines) is 1. The van der Waals surface area contributed by atoms with Gasteiger partial charge < -0.3 is 9.84 Å². The minimum absolute atomic E-state index is 0.140. The first-order valence-corrected chi connectivity index (χ1v) is 5.74. The van der Waals surface area contributed by atoms with Gasteiger partial charge in [-0.25, -0.2) is 0 Å². The lowest BCUT2D eigenvalue weighted by Gasteiger charge is -2.39. The molecule has 3 unspecified atom stereocenters. The first-order valence-electron chi connectivity index (χ1n) is 5.74. The Kier molecular flexibility index (Phi) is 3.26. The van der Waals surface area contributed by atoms with Crippen molar-refractivity contribution in [1.82, 2.24) is 4.90 Å². The fourth-order valence-electron chi connectivity index (χ4n) is 2.74. The van der Waals surface area contributed by atoms with Crippen molar-refractivity contribution in [3.63, 3.8) is 0 Å². The molecule has 2 aliphatic heterocycles. The Balaban J connectivity index is 1.91. The second kappa shape index (κ2) is 4.49. The van der Waals surface area contributed by atoms with Crippen LogP contribution >= 0.6 is 0 Å². The van der Waals surface area contributed by atoms with E-state index in [1.807, 2.05) is 0 Å². The summed E-state index contributed by atoms with van der Waals surface area (Å²) < 4.78 is 5.37. The fourth-order valence-corrected chi connectivity index (χ4v) is 2.74. The number of carboxylic acids is 1. The maximum absolute atomic E-state index is 10.9. The average molecular weight is 213 g/mol. The number of piperidine rings is 1. The summed E-state index contributed by atoms with van der Waals surface area (Å²) in [5.74, 6) is -0.775. The van der Waals surface area contributed by atoms with Gasteiger partial charge in [-0.3, -0.25) is 9.69 Å². The van der Waals surface area contributed by atoms with E-state index >= 15 is 0 Å². The van der Waals surface area contributed by atoms with Gasteiger partial charge in [-0.2, -0.15) is 0 Å². The molecule has 0 aliphatic carbocycles.